The molecule has 3 rings (SSSR count). The Morgan fingerprint density at radius 3 is 2.90 bits per heavy atom. The molecular weight excluding hydrogens is 273 g/mol. The summed E-state index contributed by atoms with van der Waals surface area (Å²) in [5.74, 6) is 0.135. The molecule has 0 aliphatic carbocycles. The zero-order chi connectivity index (χ0) is 15.0. The molecule has 21 heavy (non-hydrogen) atoms. The van der Waals surface area contributed by atoms with Gasteiger partial charge in [0.2, 0.25) is 0 Å². The van der Waals surface area contributed by atoms with Gasteiger partial charge in [0.25, 0.3) is 0 Å². The average Bonchev–Trinajstić information content (AvgIpc) is 2.85. The van der Waals surface area contributed by atoms with E-state index in [1.165, 1.54) is 12.1 Å². The Morgan fingerprint density at radius 2 is 2.19 bits per heavy atom. The van der Waals surface area contributed by atoms with E-state index in [4.69, 9.17) is 10.5 Å². The summed E-state index contributed by atoms with van der Waals surface area (Å²) in [5, 5.41) is 11.8. The van der Waals surface area contributed by atoms with Crippen molar-refractivity contribution in [3.63, 3.8) is 0 Å². The van der Waals surface area contributed by atoms with Crippen molar-refractivity contribution >= 4 is 5.69 Å². The van der Waals surface area contributed by atoms with Crippen LogP contribution in [0.1, 0.15) is 32.7 Å². The van der Waals surface area contributed by atoms with Crippen LogP contribution in [0.3, 0.4) is 0 Å². The van der Waals surface area contributed by atoms with Gasteiger partial charge in [-0.2, -0.15) is 0 Å². The van der Waals surface area contributed by atoms with Gasteiger partial charge in [-0.05, 0) is 55.3 Å². The van der Waals surface area contributed by atoms with E-state index in [1.54, 1.807) is 10.7 Å². The Hall–Kier alpha value is -2.02. The number of nitrogen functional groups attached to an aromatic ring is 1. The van der Waals surface area contributed by atoms with Gasteiger partial charge in [0.1, 0.15) is 5.82 Å². The molecule has 1 aromatic heterocycles. The summed E-state index contributed by atoms with van der Waals surface area (Å²) in [4.78, 5) is 0. The highest BCUT2D eigenvalue weighted by Gasteiger charge is 2.32. The molecular formula is C14H18FN5O. The lowest BCUT2D eigenvalue weighted by atomic mass is 9.94. The Morgan fingerprint density at radius 1 is 1.38 bits per heavy atom. The van der Waals surface area contributed by atoms with Crippen LogP contribution < -0.4 is 5.73 Å². The fraction of sp³-hybridized carbons (Fsp3) is 0.500. The van der Waals surface area contributed by atoms with E-state index in [-0.39, 0.29) is 11.6 Å². The normalized spacial score (nSPS) is 21.4. The third-order valence-corrected chi connectivity index (χ3v) is 3.69. The van der Waals surface area contributed by atoms with Crippen LogP contribution in [0, 0.1) is 5.82 Å². The minimum absolute atomic E-state index is 0.128. The Balaban J connectivity index is 1.97. The molecule has 6 nitrogen and oxygen atoms in total. The minimum Gasteiger partial charge on any atom is -0.399 e. The SMILES string of the molecule is CC1(C)CC(n2nnnc2-c2cc(N)cc(F)c2)CCO1. The number of aromatic nitrogens is 4. The van der Waals surface area contributed by atoms with E-state index in [0.717, 1.165) is 12.8 Å². The van der Waals surface area contributed by atoms with E-state index in [9.17, 15) is 4.39 Å². The van der Waals surface area contributed by atoms with Crippen LogP contribution >= 0.6 is 0 Å². The summed E-state index contributed by atoms with van der Waals surface area (Å²) >= 11 is 0. The van der Waals surface area contributed by atoms with Gasteiger partial charge in [0.05, 0.1) is 11.6 Å². The van der Waals surface area contributed by atoms with Gasteiger partial charge in [0.15, 0.2) is 5.82 Å². The second-order valence-electron chi connectivity index (χ2n) is 5.98. The molecule has 2 heterocycles. The first-order valence-corrected chi connectivity index (χ1v) is 6.93. The van der Waals surface area contributed by atoms with Gasteiger partial charge in [-0.3, -0.25) is 0 Å². The lowest BCUT2D eigenvalue weighted by Gasteiger charge is -2.35. The Labute approximate surface area is 122 Å². The van der Waals surface area contributed by atoms with Gasteiger partial charge in [-0.1, -0.05) is 0 Å². The van der Waals surface area contributed by atoms with Gasteiger partial charge < -0.3 is 10.5 Å². The second kappa shape index (κ2) is 5.07. The first kappa shape index (κ1) is 13.9. The standard InChI is InChI=1S/C14H18FN5O/c1-14(2)8-12(3-4-21-14)20-13(17-18-19-20)9-5-10(15)7-11(16)6-9/h5-7,12H,3-4,8,16H2,1-2H3. The molecule has 2 aromatic rings. The third kappa shape index (κ3) is 2.87. The summed E-state index contributed by atoms with van der Waals surface area (Å²) in [6.07, 6.45) is 1.63. The van der Waals surface area contributed by atoms with Crippen molar-refractivity contribution in [2.24, 2.45) is 0 Å². The van der Waals surface area contributed by atoms with Crippen molar-refractivity contribution < 1.29 is 9.13 Å². The quantitative estimate of drug-likeness (QED) is 0.858. The summed E-state index contributed by atoms with van der Waals surface area (Å²) in [7, 11) is 0. The van der Waals surface area contributed by atoms with Crippen LogP contribution in [0.2, 0.25) is 0 Å². The molecule has 1 fully saturated rings. The fourth-order valence-electron chi connectivity index (χ4n) is 2.78. The number of rotatable bonds is 2. The number of nitrogens with two attached hydrogens (primary N) is 1. The number of anilines is 1. The minimum atomic E-state index is -0.396. The molecule has 1 aliphatic heterocycles. The first-order chi connectivity index (χ1) is 9.94. The average molecular weight is 291 g/mol. The molecule has 0 amide bonds. The molecule has 2 N–H and O–H groups in total. The van der Waals surface area contributed by atoms with Crippen molar-refractivity contribution in [3.8, 4) is 11.4 Å². The summed E-state index contributed by atoms with van der Waals surface area (Å²) in [6, 6.07) is 4.47. The molecule has 0 bridgehead atoms. The molecule has 1 saturated heterocycles. The number of benzene rings is 1. The van der Waals surface area contributed by atoms with Crippen LogP contribution in [0.5, 0.6) is 0 Å². The summed E-state index contributed by atoms with van der Waals surface area (Å²) in [6.45, 7) is 4.75. The smallest absolute Gasteiger partial charge is 0.182 e. The Kier molecular flexibility index (Phi) is 3.36. The maximum atomic E-state index is 13.5. The van der Waals surface area contributed by atoms with Crippen molar-refractivity contribution in [2.75, 3.05) is 12.3 Å². The monoisotopic (exact) mass is 291 g/mol. The van der Waals surface area contributed by atoms with Crippen LogP contribution in [-0.4, -0.2) is 32.4 Å². The zero-order valence-electron chi connectivity index (χ0n) is 12.1. The fourth-order valence-corrected chi connectivity index (χ4v) is 2.78. The predicted molar refractivity (Wildman–Crippen MR) is 75.9 cm³/mol. The summed E-state index contributed by atoms with van der Waals surface area (Å²) < 4.78 is 21.0. The lowest BCUT2D eigenvalue weighted by molar-refractivity contribution is -0.0707. The van der Waals surface area contributed by atoms with E-state index in [0.29, 0.717) is 23.7 Å². The Bertz CT molecular complexity index is 634. The maximum absolute atomic E-state index is 13.5. The number of nitrogens with zero attached hydrogens (tertiary/aromatic N) is 4. The lowest BCUT2D eigenvalue weighted by Crippen LogP contribution is -2.35. The summed E-state index contributed by atoms with van der Waals surface area (Å²) in [5.41, 5.74) is 6.42. The molecule has 0 saturated carbocycles. The third-order valence-electron chi connectivity index (χ3n) is 3.69. The zero-order valence-corrected chi connectivity index (χ0v) is 12.1. The van der Waals surface area contributed by atoms with E-state index in [1.807, 2.05) is 13.8 Å². The molecule has 7 heteroatoms. The highest BCUT2D eigenvalue weighted by molar-refractivity contribution is 5.61. The molecule has 1 unspecified atom stereocenters. The van der Waals surface area contributed by atoms with Crippen LogP contribution in [0.25, 0.3) is 11.4 Å². The molecule has 1 aliphatic rings. The van der Waals surface area contributed by atoms with E-state index in [2.05, 4.69) is 15.5 Å². The van der Waals surface area contributed by atoms with Crippen LogP contribution in [0.4, 0.5) is 10.1 Å². The maximum Gasteiger partial charge on any atom is 0.182 e. The topological polar surface area (TPSA) is 78.9 Å². The number of tetrazole rings is 1. The highest BCUT2D eigenvalue weighted by Crippen LogP contribution is 2.33. The molecule has 0 radical (unpaired) electrons. The van der Waals surface area contributed by atoms with Crippen molar-refractivity contribution in [2.45, 2.75) is 38.3 Å². The van der Waals surface area contributed by atoms with Gasteiger partial charge in [-0.15, -0.1) is 5.10 Å². The molecule has 1 aromatic carbocycles. The molecule has 112 valence electrons. The van der Waals surface area contributed by atoms with Crippen LogP contribution in [0.15, 0.2) is 18.2 Å². The van der Waals surface area contributed by atoms with Gasteiger partial charge in [-0.25, -0.2) is 9.07 Å². The van der Waals surface area contributed by atoms with Gasteiger partial charge >= 0.3 is 0 Å². The first-order valence-electron chi connectivity index (χ1n) is 6.93. The number of halogens is 1. The predicted octanol–water partition coefficient (Wildman–Crippen LogP) is 2.19. The number of hydrogen-bond donors (Lipinski definition) is 1. The van der Waals surface area contributed by atoms with Crippen LogP contribution in [-0.2, 0) is 4.74 Å². The largest absolute Gasteiger partial charge is 0.399 e. The van der Waals surface area contributed by atoms with Crippen molar-refractivity contribution in [1.29, 1.82) is 0 Å². The van der Waals surface area contributed by atoms with Crippen molar-refractivity contribution in [3.05, 3.63) is 24.0 Å². The second-order valence-corrected chi connectivity index (χ2v) is 5.98. The van der Waals surface area contributed by atoms with E-state index >= 15 is 0 Å². The highest BCUT2D eigenvalue weighted by atomic mass is 19.1. The van der Waals surface area contributed by atoms with Gasteiger partial charge in [0, 0.05) is 17.9 Å². The van der Waals surface area contributed by atoms with E-state index < -0.39 is 5.82 Å². The molecule has 1 atom stereocenters. The molecule has 0 spiro atoms. The number of ether oxygens (including phenoxy) is 1. The number of hydrogen-bond acceptors (Lipinski definition) is 5. The van der Waals surface area contributed by atoms with Crippen molar-refractivity contribution in [1.82, 2.24) is 20.2 Å².